The largest absolute Gasteiger partial charge is 1.00 e. The molecule has 0 atom stereocenters. The summed E-state index contributed by atoms with van der Waals surface area (Å²) in [5.41, 5.74) is 5.40. The van der Waals surface area contributed by atoms with Crippen LogP contribution in [0.3, 0.4) is 0 Å². The van der Waals surface area contributed by atoms with Gasteiger partial charge in [0.15, 0.2) is 0 Å². The summed E-state index contributed by atoms with van der Waals surface area (Å²) in [5.74, 6) is 0. The van der Waals surface area contributed by atoms with E-state index in [-0.39, 0.29) is 19.5 Å². The van der Waals surface area contributed by atoms with E-state index in [0.29, 0.717) is 0 Å². The SMILES string of the molecule is F[P-](F)(F)(F)(F)F.[Ru+].c1ccc(P(c2ccccc2)c2ccc3ccccc3c2-c2c(P(c3ccccc3)c3ccccc3)ccc3ccccc23)cc1.c1ccc(P(c2ccccc2)c2ccc3ccccc3c2-c2c(P(c3ccccc3)c3ccccc3)ccc3ccccc23)cc1. The Morgan fingerprint density at radius 1 is 0.160 bits per heavy atom. The minimum absolute atomic E-state index is 0. The van der Waals surface area contributed by atoms with Gasteiger partial charge in [-0.05, 0) is 161 Å². The Labute approximate surface area is 597 Å². The first-order valence-corrected chi connectivity index (χ1v) is 39.8. The number of rotatable bonds is 14. The smallest absolute Gasteiger partial charge is 0.0622 e. The van der Waals surface area contributed by atoms with Gasteiger partial charge in [0.2, 0.25) is 0 Å². The van der Waals surface area contributed by atoms with E-state index in [4.69, 9.17) is 0 Å². The molecule has 0 bridgehead atoms. The average molecular weight is 1490 g/mol. The van der Waals surface area contributed by atoms with Gasteiger partial charge in [-0.2, -0.15) is 0 Å². The molecule has 100 heavy (non-hydrogen) atoms. The monoisotopic (exact) mass is 1490 g/mol. The van der Waals surface area contributed by atoms with Crippen molar-refractivity contribution in [1.82, 2.24) is 0 Å². The van der Waals surface area contributed by atoms with Crippen LogP contribution >= 0.6 is 39.5 Å². The molecule has 0 heterocycles. The zero-order valence-electron chi connectivity index (χ0n) is 53.8. The summed E-state index contributed by atoms with van der Waals surface area (Å²) < 4.78 is 59.2. The van der Waals surface area contributed by atoms with Crippen molar-refractivity contribution >= 4 is 146 Å². The quantitative estimate of drug-likeness (QED) is 0.0578. The predicted octanol–water partition coefficient (Wildman–Crippen LogP) is 21.7. The fraction of sp³-hybridized carbons (Fsp3) is 0. The number of hydrogen-bond donors (Lipinski definition) is 0. The van der Waals surface area contributed by atoms with Crippen LogP contribution in [0.1, 0.15) is 0 Å². The molecule has 16 rings (SSSR count). The molecule has 0 unspecified atom stereocenters. The Morgan fingerprint density at radius 2 is 0.290 bits per heavy atom. The number of fused-ring (bicyclic) bond motifs is 4. The van der Waals surface area contributed by atoms with Crippen LogP contribution in [0.15, 0.2) is 388 Å². The third-order valence-corrected chi connectivity index (χ3v) is 27.1. The van der Waals surface area contributed by atoms with E-state index in [2.05, 4.69) is 388 Å². The van der Waals surface area contributed by atoms with Gasteiger partial charge < -0.3 is 0 Å². The van der Waals surface area contributed by atoms with Gasteiger partial charge in [-0.1, -0.05) is 388 Å². The van der Waals surface area contributed by atoms with Gasteiger partial charge >= 0.3 is 52.5 Å². The summed E-state index contributed by atoms with van der Waals surface area (Å²) in [5, 5.41) is 26.7. The molecule has 12 heteroatoms. The van der Waals surface area contributed by atoms with Crippen LogP contribution in [0.25, 0.3) is 65.3 Å². The van der Waals surface area contributed by atoms with E-state index in [9.17, 15) is 25.2 Å². The Morgan fingerprint density at radius 3 is 0.440 bits per heavy atom. The summed E-state index contributed by atoms with van der Waals surface area (Å²) in [6.45, 7) is 0. The van der Waals surface area contributed by atoms with Gasteiger partial charge in [0, 0.05) is 0 Å². The van der Waals surface area contributed by atoms with E-state index in [1.54, 1.807) is 0 Å². The van der Waals surface area contributed by atoms with E-state index >= 15 is 0 Å². The topological polar surface area (TPSA) is 0 Å². The van der Waals surface area contributed by atoms with Crippen molar-refractivity contribution in [2.45, 2.75) is 0 Å². The van der Waals surface area contributed by atoms with Gasteiger partial charge in [0.1, 0.15) is 0 Å². The third-order valence-electron chi connectivity index (χ3n) is 17.2. The van der Waals surface area contributed by atoms with Gasteiger partial charge in [0.25, 0.3) is 0 Å². The van der Waals surface area contributed by atoms with Crippen LogP contribution in [0, 0.1) is 0 Å². The van der Waals surface area contributed by atoms with Crippen LogP contribution in [0.2, 0.25) is 0 Å². The van der Waals surface area contributed by atoms with Crippen molar-refractivity contribution in [1.29, 1.82) is 0 Å². The number of halogens is 6. The molecular weight excluding hydrogens is 1430 g/mol. The molecule has 0 saturated heterocycles. The van der Waals surface area contributed by atoms with Crippen molar-refractivity contribution < 1.29 is 44.7 Å². The summed E-state index contributed by atoms with van der Waals surface area (Å²) in [4.78, 5) is 0. The number of hydrogen-bond acceptors (Lipinski definition) is 0. The van der Waals surface area contributed by atoms with Gasteiger partial charge in [-0.15, -0.1) is 0 Å². The fourth-order valence-corrected chi connectivity index (χ4v) is 23.1. The van der Waals surface area contributed by atoms with Crippen molar-refractivity contribution in [3.05, 3.63) is 388 Å². The molecule has 1 radical (unpaired) electrons. The third kappa shape index (κ3) is 16.1. The van der Waals surface area contributed by atoms with Gasteiger partial charge in [-0.25, -0.2) is 0 Å². The Bertz CT molecular complexity index is 4620. The molecule has 0 nitrogen and oxygen atoms in total. The average Bonchev–Trinajstić information content (AvgIpc) is 0.736. The summed E-state index contributed by atoms with van der Waals surface area (Å²) in [6, 6.07) is 144. The normalized spacial score (nSPS) is 12.1. The van der Waals surface area contributed by atoms with E-state index in [0.717, 1.165) is 0 Å². The molecule has 16 aromatic rings. The second-order valence-electron chi connectivity index (χ2n) is 23.7. The standard InChI is InChI=1S/2C44H32P2.F6P.Ru/c2*1-5-19-35(20-6-1)45(36-21-7-2-8-22-36)41-31-29-33-17-13-15-27-39(33)43(41)44-40-28-16-14-18-34(40)30-32-42(44)46(37-23-9-3-10-24-37)38-25-11-4-12-26-38;1-7(2,3,4,5)6;/h2*1-32H;;/q;;-1;+1. The second kappa shape index (κ2) is 30.0. The Balaban J connectivity index is 0.000000162. The van der Waals surface area contributed by atoms with Crippen LogP contribution < -0.4 is 63.7 Å². The molecule has 0 spiro atoms. The molecule has 0 aromatic heterocycles. The van der Waals surface area contributed by atoms with Crippen LogP contribution in [-0.4, -0.2) is 0 Å². The molecule has 0 aliphatic rings. The minimum Gasteiger partial charge on any atom is -0.0622 e. The van der Waals surface area contributed by atoms with Crippen molar-refractivity contribution in [3.8, 4) is 22.3 Å². The second-order valence-corrected chi connectivity index (χ2v) is 34.4. The van der Waals surface area contributed by atoms with Crippen molar-refractivity contribution in [2.24, 2.45) is 0 Å². The van der Waals surface area contributed by atoms with Crippen LogP contribution in [-0.2, 0) is 19.5 Å². The van der Waals surface area contributed by atoms with E-state index in [1.807, 2.05) is 0 Å². The molecular formula is C88H64F6P5Ru. The fourth-order valence-electron chi connectivity index (χ4n) is 13.2. The Hall–Kier alpha value is -9.09. The maximum atomic E-state index is 9.87. The first kappa shape index (κ1) is 69.4. The molecule has 0 N–H and O–H groups in total. The maximum absolute atomic E-state index is 10.7. The van der Waals surface area contributed by atoms with Gasteiger partial charge in [-0.3, -0.25) is 0 Å². The van der Waals surface area contributed by atoms with Crippen LogP contribution in [0.4, 0.5) is 25.2 Å². The zero-order valence-corrected chi connectivity index (χ0v) is 60.0. The molecule has 0 aliphatic carbocycles. The maximum Gasteiger partial charge on any atom is 1.00 e. The minimum atomic E-state index is -10.7. The zero-order chi connectivity index (χ0) is 67.8. The number of benzene rings is 16. The predicted molar refractivity (Wildman–Crippen MR) is 422 cm³/mol. The molecule has 0 fully saturated rings. The van der Waals surface area contributed by atoms with E-state index < -0.39 is 39.5 Å². The Kier molecular flexibility index (Phi) is 20.8. The molecule has 0 aliphatic heterocycles. The summed E-state index contributed by atoms with van der Waals surface area (Å²) >= 11 is 0. The van der Waals surface area contributed by atoms with Crippen molar-refractivity contribution in [2.75, 3.05) is 0 Å². The summed E-state index contributed by atoms with van der Waals surface area (Å²) in [7, 11) is -14.1. The molecule has 16 aromatic carbocycles. The van der Waals surface area contributed by atoms with Crippen LogP contribution in [0.5, 0.6) is 0 Å². The molecule has 491 valence electrons. The summed E-state index contributed by atoms with van der Waals surface area (Å²) in [6.07, 6.45) is 0. The van der Waals surface area contributed by atoms with Crippen molar-refractivity contribution in [3.63, 3.8) is 0 Å². The first-order valence-electron chi connectivity index (χ1n) is 32.4. The van der Waals surface area contributed by atoms with E-state index in [1.165, 1.54) is 129 Å². The van der Waals surface area contributed by atoms with Gasteiger partial charge in [0.05, 0.1) is 0 Å². The molecule has 0 amide bonds. The first-order chi connectivity index (χ1) is 48.2. The molecule has 0 saturated carbocycles.